The van der Waals surface area contributed by atoms with Crippen LogP contribution in [0.2, 0.25) is 0 Å². The van der Waals surface area contributed by atoms with E-state index in [0.717, 1.165) is 34.7 Å². The molecule has 1 fully saturated rings. The third-order valence-corrected chi connectivity index (χ3v) is 8.62. The molecular weight excluding hydrogens is 625 g/mol. The number of thiazole rings is 1. The van der Waals surface area contributed by atoms with Gasteiger partial charge in [0.2, 0.25) is 0 Å². The lowest BCUT2D eigenvalue weighted by molar-refractivity contribution is -0.199. The predicted molar refractivity (Wildman–Crippen MR) is 144 cm³/mol. The molecule has 0 aliphatic carbocycles. The number of anilines is 1. The van der Waals surface area contributed by atoms with Crippen molar-refractivity contribution in [3.8, 4) is 5.75 Å². The van der Waals surface area contributed by atoms with E-state index in [4.69, 9.17) is 14.6 Å². The van der Waals surface area contributed by atoms with Gasteiger partial charge >= 0.3 is 22.2 Å². The standard InChI is InChI=1S/C25H24F5N3O5S2.CH2O2/c1-15-20(37-18-8-10-32(11-9-18)16(2)17-6-4-3-5-7-17)12-19(26)23(22(15)27)40(35,36)33(21-13-39-14-31-21)38-24(34)25(28,29)30;2-1-3/h3-7,12-14,16,18H,8-11H2,1-2H3;1H,(H,2,3)/t16-;/m1./s1. The fourth-order valence-electron chi connectivity index (χ4n) is 4.26. The molecule has 1 aromatic heterocycles. The number of benzene rings is 2. The van der Waals surface area contributed by atoms with E-state index in [0.29, 0.717) is 32.0 Å². The van der Waals surface area contributed by atoms with Gasteiger partial charge in [-0.05, 0) is 32.3 Å². The minimum atomic E-state index is -5.59. The maximum Gasteiger partial charge on any atom is 0.493 e. The van der Waals surface area contributed by atoms with E-state index in [-0.39, 0.29) is 23.8 Å². The number of aromatic nitrogens is 1. The molecule has 2 aromatic carbocycles. The van der Waals surface area contributed by atoms with Crippen molar-refractivity contribution in [2.75, 3.05) is 17.6 Å². The molecule has 1 atom stereocenters. The zero-order valence-electron chi connectivity index (χ0n) is 22.6. The molecule has 1 aliphatic heterocycles. The topological polar surface area (TPSA) is 126 Å². The van der Waals surface area contributed by atoms with Crippen LogP contribution in [0.3, 0.4) is 0 Å². The number of piperidine rings is 1. The summed E-state index contributed by atoms with van der Waals surface area (Å²) < 4.78 is 101. The van der Waals surface area contributed by atoms with E-state index in [1.807, 2.05) is 30.3 Å². The molecule has 0 saturated carbocycles. The Labute approximate surface area is 247 Å². The fraction of sp³-hybridized carbons (Fsp3) is 0.346. The van der Waals surface area contributed by atoms with Crippen LogP contribution >= 0.6 is 11.3 Å². The minimum absolute atomic E-state index is 0.148. The average molecular weight is 652 g/mol. The number of ether oxygens (including phenoxy) is 1. The Morgan fingerprint density at radius 1 is 1.21 bits per heavy atom. The van der Waals surface area contributed by atoms with E-state index in [1.165, 1.54) is 0 Å². The van der Waals surface area contributed by atoms with Crippen molar-refractivity contribution in [3.63, 3.8) is 0 Å². The Kier molecular flexibility index (Phi) is 11.0. The summed E-state index contributed by atoms with van der Waals surface area (Å²) in [6.07, 6.45) is -4.95. The Balaban J connectivity index is 0.00000162. The molecule has 0 radical (unpaired) electrons. The molecule has 234 valence electrons. The van der Waals surface area contributed by atoms with Gasteiger partial charge < -0.3 is 14.7 Å². The van der Waals surface area contributed by atoms with Crippen LogP contribution in [0.25, 0.3) is 0 Å². The number of alkyl halides is 3. The van der Waals surface area contributed by atoms with Crippen LogP contribution in [0.15, 0.2) is 52.2 Å². The van der Waals surface area contributed by atoms with Crippen molar-refractivity contribution in [2.45, 2.75) is 49.9 Å². The summed E-state index contributed by atoms with van der Waals surface area (Å²) in [4.78, 5) is 27.9. The van der Waals surface area contributed by atoms with Crippen molar-refractivity contribution < 1.29 is 54.6 Å². The first kappa shape index (κ1) is 33.7. The number of rotatable bonds is 8. The lowest BCUT2D eigenvalue weighted by Gasteiger charge is -2.36. The second-order valence-corrected chi connectivity index (χ2v) is 11.5. The summed E-state index contributed by atoms with van der Waals surface area (Å²) in [6, 6.07) is 10.7. The normalized spacial score (nSPS) is 15.1. The molecule has 1 aliphatic rings. The zero-order chi connectivity index (χ0) is 31.9. The van der Waals surface area contributed by atoms with Gasteiger partial charge in [0, 0.05) is 36.1 Å². The van der Waals surface area contributed by atoms with Crippen LogP contribution in [0.1, 0.15) is 36.9 Å². The van der Waals surface area contributed by atoms with Crippen molar-refractivity contribution in [3.05, 3.63) is 70.1 Å². The summed E-state index contributed by atoms with van der Waals surface area (Å²) in [6.45, 7) is 4.25. The first-order valence-corrected chi connectivity index (χ1v) is 14.8. The molecule has 1 N–H and O–H groups in total. The number of halogens is 5. The minimum Gasteiger partial charge on any atom is -0.490 e. The second-order valence-electron chi connectivity index (χ2n) is 9.13. The number of carbonyl (C=O) groups is 2. The molecule has 17 heteroatoms. The Morgan fingerprint density at radius 2 is 1.81 bits per heavy atom. The van der Waals surface area contributed by atoms with E-state index in [9.17, 15) is 26.4 Å². The molecule has 10 nitrogen and oxygen atoms in total. The highest BCUT2D eigenvalue weighted by molar-refractivity contribution is 7.92. The van der Waals surface area contributed by atoms with Gasteiger partial charge in [0.1, 0.15) is 11.9 Å². The molecule has 4 rings (SSSR count). The monoisotopic (exact) mass is 651 g/mol. The van der Waals surface area contributed by atoms with Crippen LogP contribution in [0.4, 0.5) is 27.8 Å². The van der Waals surface area contributed by atoms with E-state index < -0.39 is 55.1 Å². The maximum atomic E-state index is 15.4. The van der Waals surface area contributed by atoms with Gasteiger partial charge in [-0.15, -0.1) is 11.3 Å². The van der Waals surface area contributed by atoms with Crippen molar-refractivity contribution in [1.29, 1.82) is 0 Å². The average Bonchev–Trinajstić information content (AvgIpc) is 3.49. The van der Waals surface area contributed by atoms with E-state index in [1.54, 1.807) is 0 Å². The summed E-state index contributed by atoms with van der Waals surface area (Å²) in [5.41, 5.74) is 1.78. The van der Waals surface area contributed by atoms with Crippen LogP contribution in [0, 0.1) is 18.6 Å². The Morgan fingerprint density at radius 3 is 2.35 bits per heavy atom. The van der Waals surface area contributed by atoms with E-state index >= 15 is 8.78 Å². The first-order valence-electron chi connectivity index (χ1n) is 12.5. The third kappa shape index (κ3) is 7.97. The molecule has 1 saturated heterocycles. The quantitative estimate of drug-likeness (QED) is 0.197. The van der Waals surface area contributed by atoms with E-state index in [2.05, 4.69) is 21.6 Å². The largest absolute Gasteiger partial charge is 0.493 e. The lowest BCUT2D eigenvalue weighted by atomic mass is 10.0. The molecule has 0 spiro atoms. The SMILES string of the molecule is Cc1c(OC2CCN([C@H](C)c3ccccc3)CC2)cc(F)c(S(=O)(=O)N(OC(=O)C(F)(F)F)c2cscn2)c1F.O=CO. The van der Waals surface area contributed by atoms with Crippen molar-refractivity contribution >= 4 is 39.6 Å². The lowest BCUT2D eigenvalue weighted by Crippen LogP contribution is -2.40. The molecule has 2 heterocycles. The van der Waals surface area contributed by atoms with Gasteiger partial charge in [-0.2, -0.15) is 21.6 Å². The summed E-state index contributed by atoms with van der Waals surface area (Å²) in [5, 5.41) is 7.81. The first-order chi connectivity index (χ1) is 20.2. The number of nitrogens with zero attached hydrogens (tertiary/aromatic N) is 3. The van der Waals surface area contributed by atoms with Crippen LogP contribution < -0.4 is 9.21 Å². The molecule has 0 bridgehead atoms. The van der Waals surface area contributed by atoms with Crippen LogP contribution in [-0.4, -0.2) is 61.2 Å². The molecule has 3 aromatic rings. The Bertz CT molecular complexity index is 1500. The van der Waals surface area contributed by atoms with Gasteiger partial charge in [0.15, 0.2) is 22.3 Å². The van der Waals surface area contributed by atoms with Gasteiger partial charge in [-0.25, -0.2) is 18.6 Å². The fourth-order valence-corrected chi connectivity index (χ4v) is 6.20. The third-order valence-electron chi connectivity index (χ3n) is 6.45. The summed E-state index contributed by atoms with van der Waals surface area (Å²) in [7, 11) is -5.53. The predicted octanol–water partition coefficient (Wildman–Crippen LogP) is 5.25. The van der Waals surface area contributed by atoms with Gasteiger partial charge in [0.05, 0.1) is 5.51 Å². The maximum absolute atomic E-state index is 15.4. The highest BCUT2D eigenvalue weighted by atomic mass is 32.2. The Hall–Kier alpha value is -3.83. The summed E-state index contributed by atoms with van der Waals surface area (Å²) in [5.74, 6) is -7.22. The number of likely N-dealkylation sites (tertiary alicyclic amines) is 1. The highest BCUT2D eigenvalue weighted by Crippen LogP contribution is 2.35. The van der Waals surface area contributed by atoms with Gasteiger partial charge in [-0.3, -0.25) is 9.69 Å². The van der Waals surface area contributed by atoms with Crippen LogP contribution in [-0.2, 0) is 24.4 Å². The smallest absolute Gasteiger partial charge is 0.490 e. The zero-order valence-corrected chi connectivity index (χ0v) is 24.3. The number of carbonyl (C=O) groups excluding carboxylic acids is 1. The second kappa shape index (κ2) is 14.1. The van der Waals surface area contributed by atoms with Crippen LogP contribution in [0.5, 0.6) is 5.75 Å². The number of hydrogen-bond acceptors (Lipinski definition) is 9. The van der Waals surface area contributed by atoms with Gasteiger partial charge in [0.25, 0.3) is 6.47 Å². The van der Waals surface area contributed by atoms with Gasteiger partial charge in [-0.1, -0.05) is 34.8 Å². The number of hydrogen-bond donors (Lipinski definition) is 1. The summed E-state index contributed by atoms with van der Waals surface area (Å²) >= 11 is 0.747. The number of carboxylic acid groups (broad SMARTS) is 1. The van der Waals surface area contributed by atoms with Crippen molar-refractivity contribution in [2.24, 2.45) is 0 Å². The molecular formula is C26H26F5N3O7S2. The number of sulfonamides is 1. The molecule has 0 unspecified atom stereocenters. The molecule has 0 amide bonds. The highest BCUT2D eigenvalue weighted by Gasteiger charge is 2.46. The molecule has 43 heavy (non-hydrogen) atoms. The van der Waals surface area contributed by atoms with Crippen molar-refractivity contribution in [1.82, 2.24) is 9.88 Å².